The maximum atomic E-state index is 12.4. The van der Waals surface area contributed by atoms with Crippen molar-refractivity contribution in [1.29, 1.82) is 0 Å². The largest absolute Gasteiger partial charge is 0.493 e. The van der Waals surface area contributed by atoms with Gasteiger partial charge in [0.05, 0.1) is 32.7 Å². The Kier molecular flexibility index (Phi) is 7.93. The first kappa shape index (κ1) is 23.3. The molecule has 0 saturated carbocycles. The maximum Gasteiger partial charge on any atom is 0.240 e. The Labute approximate surface area is 177 Å². The van der Waals surface area contributed by atoms with Crippen molar-refractivity contribution in [3.8, 4) is 17.2 Å². The van der Waals surface area contributed by atoms with Crippen molar-refractivity contribution < 1.29 is 27.4 Å². The molecule has 0 aliphatic carbocycles. The molecule has 0 bridgehead atoms. The molecule has 2 aromatic carbocycles. The number of nitrogens with one attached hydrogen (secondary N) is 1. The number of hydrogen-bond donors (Lipinski definition) is 1. The maximum absolute atomic E-state index is 12.4. The summed E-state index contributed by atoms with van der Waals surface area (Å²) in [7, 11) is -0.757. The number of methoxy groups -OCH3 is 2. The lowest BCUT2D eigenvalue weighted by Gasteiger charge is -2.23. The Morgan fingerprint density at radius 3 is 2.37 bits per heavy atom. The summed E-state index contributed by atoms with van der Waals surface area (Å²) in [5, 5.41) is 2.68. The molecule has 0 spiro atoms. The number of aryl methyl sites for hydroxylation is 1. The fourth-order valence-electron chi connectivity index (χ4n) is 2.80. The average molecular weight is 437 g/mol. The van der Waals surface area contributed by atoms with Crippen molar-refractivity contribution in [3.63, 3.8) is 0 Å². The molecule has 0 saturated heterocycles. The highest BCUT2D eigenvalue weighted by Gasteiger charge is 2.22. The van der Waals surface area contributed by atoms with Gasteiger partial charge in [-0.05, 0) is 43.2 Å². The number of ether oxygens (including phenoxy) is 3. The summed E-state index contributed by atoms with van der Waals surface area (Å²) in [6, 6.07) is 10.4. The summed E-state index contributed by atoms with van der Waals surface area (Å²) in [5.41, 5.74) is 2.47. The van der Waals surface area contributed by atoms with Gasteiger partial charge < -0.3 is 19.5 Å². The first-order chi connectivity index (χ1) is 14.2. The average Bonchev–Trinajstić information content (AvgIpc) is 2.71. The van der Waals surface area contributed by atoms with Crippen LogP contribution in [-0.2, 0) is 14.8 Å². The SMILES string of the molecule is COc1ccc(N(CC(=O)NCCOc2cccc(C)c2C)S(C)(=O)=O)cc1OC. The fraction of sp³-hybridized carbons (Fsp3) is 0.381. The van der Waals surface area contributed by atoms with Gasteiger partial charge in [-0.15, -0.1) is 0 Å². The van der Waals surface area contributed by atoms with Gasteiger partial charge in [0.25, 0.3) is 0 Å². The van der Waals surface area contributed by atoms with E-state index in [2.05, 4.69) is 5.32 Å². The number of benzene rings is 2. The highest BCUT2D eigenvalue weighted by atomic mass is 32.2. The van der Waals surface area contributed by atoms with Crippen LogP contribution < -0.4 is 23.8 Å². The number of sulfonamides is 1. The molecule has 1 N–H and O–H groups in total. The molecular formula is C21H28N2O6S. The number of amides is 1. The Hall–Kier alpha value is -2.94. The van der Waals surface area contributed by atoms with Crippen molar-refractivity contribution in [2.75, 3.05) is 44.5 Å². The minimum atomic E-state index is -3.70. The van der Waals surface area contributed by atoms with Crippen LogP contribution in [0.1, 0.15) is 11.1 Å². The summed E-state index contributed by atoms with van der Waals surface area (Å²) >= 11 is 0. The fourth-order valence-corrected chi connectivity index (χ4v) is 3.65. The van der Waals surface area contributed by atoms with Crippen LogP contribution in [-0.4, -0.2) is 54.5 Å². The third kappa shape index (κ3) is 6.03. The minimum absolute atomic E-state index is 0.246. The zero-order chi connectivity index (χ0) is 22.3. The zero-order valence-electron chi connectivity index (χ0n) is 17.9. The summed E-state index contributed by atoms with van der Waals surface area (Å²) in [6.45, 7) is 4.12. The van der Waals surface area contributed by atoms with E-state index in [-0.39, 0.29) is 19.7 Å². The number of anilines is 1. The molecule has 0 aromatic heterocycles. The molecule has 0 aliphatic heterocycles. The molecule has 2 aromatic rings. The van der Waals surface area contributed by atoms with E-state index in [9.17, 15) is 13.2 Å². The van der Waals surface area contributed by atoms with Crippen LogP contribution >= 0.6 is 0 Å². The molecule has 2 rings (SSSR count). The summed E-state index contributed by atoms with van der Waals surface area (Å²) in [4.78, 5) is 12.4. The quantitative estimate of drug-likeness (QED) is 0.575. The van der Waals surface area contributed by atoms with E-state index >= 15 is 0 Å². The van der Waals surface area contributed by atoms with Gasteiger partial charge in [0.1, 0.15) is 18.9 Å². The Morgan fingerprint density at radius 2 is 1.73 bits per heavy atom. The molecule has 0 fully saturated rings. The predicted octanol–water partition coefficient (Wildman–Crippen LogP) is 2.28. The van der Waals surface area contributed by atoms with Crippen LogP contribution in [0.3, 0.4) is 0 Å². The molecule has 8 nitrogen and oxygen atoms in total. The van der Waals surface area contributed by atoms with Crippen molar-refractivity contribution in [2.45, 2.75) is 13.8 Å². The number of carbonyl (C=O) groups is 1. The first-order valence-corrected chi connectivity index (χ1v) is 11.2. The highest BCUT2D eigenvalue weighted by molar-refractivity contribution is 7.92. The van der Waals surface area contributed by atoms with Gasteiger partial charge in [-0.3, -0.25) is 9.10 Å². The molecule has 0 unspecified atom stereocenters. The van der Waals surface area contributed by atoms with E-state index in [4.69, 9.17) is 14.2 Å². The van der Waals surface area contributed by atoms with E-state index in [1.165, 1.54) is 20.3 Å². The van der Waals surface area contributed by atoms with Crippen LogP contribution in [0.5, 0.6) is 17.2 Å². The lowest BCUT2D eigenvalue weighted by molar-refractivity contribution is -0.119. The normalized spacial score (nSPS) is 11.0. The molecule has 9 heteroatoms. The van der Waals surface area contributed by atoms with Crippen molar-refractivity contribution in [3.05, 3.63) is 47.5 Å². The molecule has 0 heterocycles. The molecule has 0 aliphatic rings. The van der Waals surface area contributed by atoms with Gasteiger partial charge in [-0.1, -0.05) is 12.1 Å². The van der Waals surface area contributed by atoms with Crippen LogP contribution in [0.25, 0.3) is 0 Å². The van der Waals surface area contributed by atoms with Crippen molar-refractivity contribution in [2.24, 2.45) is 0 Å². The number of hydrogen-bond acceptors (Lipinski definition) is 6. The van der Waals surface area contributed by atoms with Gasteiger partial charge in [0.2, 0.25) is 15.9 Å². The van der Waals surface area contributed by atoms with Gasteiger partial charge in [-0.25, -0.2) is 8.42 Å². The summed E-state index contributed by atoms with van der Waals surface area (Å²) < 4.78 is 41.6. The van der Waals surface area contributed by atoms with Crippen LogP contribution in [0, 0.1) is 13.8 Å². The standard InChI is InChI=1S/C21H28N2O6S/c1-15-7-6-8-18(16(15)2)29-12-11-22-21(24)14-23(30(5,25)26)17-9-10-19(27-3)20(13-17)28-4/h6-10,13H,11-12,14H2,1-5H3,(H,22,24). The molecule has 164 valence electrons. The van der Waals surface area contributed by atoms with Gasteiger partial charge in [0, 0.05) is 6.07 Å². The van der Waals surface area contributed by atoms with Gasteiger partial charge in [0.15, 0.2) is 11.5 Å². The van der Waals surface area contributed by atoms with Crippen molar-refractivity contribution >= 4 is 21.6 Å². The first-order valence-electron chi connectivity index (χ1n) is 9.32. The molecule has 1 amide bonds. The van der Waals surface area contributed by atoms with E-state index in [1.54, 1.807) is 12.1 Å². The van der Waals surface area contributed by atoms with Gasteiger partial charge >= 0.3 is 0 Å². The minimum Gasteiger partial charge on any atom is -0.493 e. The van der Waals surface area contributed by atoms with E-state index in [0.717, 1.165) is 27.4 Å². The van der Waals surface area contributed by atoms with Crippen LogP contribution in [0.15, 0.2) is 36.4 Å². The van der Waals surface area contributed by atoms with Crippen molar-refractivity contribution in [1.82, 2.24) is 5.32 Å². The third-order valence-corrected chi connectivity index (χ3v) is 5.72. The molecule has 0 radical (unpaired) electrons. The lowest BCUT2D eigenvalue weighted by atomic mass is 10.1. The zero-order valence-corrected chi connectivity index (χ0v) is 18.7. The van der Waals surface area contributed by atoms with E-state index < -0.39 is 15.9 Å². The monoisotopic (exact) mass is 436 g/mol. The molecule has 30 heavy (non-hydrogen) atoms. The molecule has 0 atom stereocenters. The topological polar surface area (TPSA) is 94.2 Å². The van der Waals surface area contributed by atoms with Gasteiger partial charge in [-0.2, -0.15) is 0 Å². The predicted molar refractivity (Wildman–Crippen MR) is 116 cm³/mol. The highest BCUT2D eigenvalue weighted by Crippen LogP contribution is 2.32. The van der Waals surface area contributed by atoms with Crippen LogP contribution in [0.4, 0.5) is 5.69 Å². The third-order valence-electron chi connectivity index (χ3n) is 4.58. The second-order valence-electron chi connectivity index (χ2n) is 6.71. The smallest absolute Gasteiger partial charge is 0.240 e. The van der Waals surface area contributed by atoms with E-state index in [0.29, 0.717) is 17.2 Å². The number of carbonyl (C=O) groups excluding carboxylic acids is 1. The summed E-state index contributed by atoms with van der Waals surface area (Å²) in [6.07, 6.45) is 1.04. The Bertz CT molecular complexity index is 991. The number of nitrogens with zero attached hydrogens (tertiary/aromatic N) is 1. The second kappa shape index (κ2) is 10.2. The lowest BCUT2D eigenvalue weighted by Crippen LogP contribution is -2.41. The molecular weight excluding hydrogens is 408 g/mol. The van der Waals surface area contributed by atoms with Crippen LogP contribution in [0.2, 0.25) is 0 Å². The second-order valence-corrected chi connectivity index (χ2v) is 8.61. The Morgan fingerprint density at radius 1 is 1.03 bits per heavy atom. The van der Waals surface area contributed by atoms with E-state index in [1.807, 2.05) is 32.0 Å². The Balaban J connectivity index is 2.00. The summed E-state index contributed by atoms with van der Waals surface area (Å²) in [5.74, 6) is 1.14. The number of rotatable bonds is 10.